The summed E-state index contributed by atoms with van der Waals surface area (Å²) in [5.74, 6) is 0. The van der Waals surface area contributed by atoms with Crippen LogP contribution >= 0.6 is 0 Å². The Kier molecular flexibility index (Phi) is 2.33. The van der Waals surface area contributed by atoms with Gasteiger partial charge in [0.25, 0.3) is 0 Å². The zero-order valence-electron chi connectivity index (χ0n) is 9.69. The first-order valence-electron chi connectivity index (χ1n) is 5.98. The number of carbonyl (C=O) groups is 1. The molecule has 3 rings (SSSR count). The Labute approximate surface area is 100 Å². The number of carbonyl (C=O) groups excluding carboxylic acids is 1. The maximum Gasteiger partial charge on any atom is 0.314 e. The van der Waals surface area contributed by atoms with Gasteiger partial charge in [-0.2, -0.15) is 0 Å². The average Bonchev–Trinajstić information content (AvgIpc) is 2.69. The molecular weight excluding hydrogens is 216 g/mol. The van der Waals surface area contributed by atoms with Gasteiger partial charge in [0.2, 0.25) is 0 Å². The summed E-state index contributed by atoms with van der Waals surface area (Å²) < 4.78 is 5.98. The molecule has 1 atom stereocenters. The molecule has 2 aliphatic heterocycles. The van der Waals surface area contributed by atoms with Crippen LogP contribution in [-0.4, -0.2) is 24.0 Å². The number of nitrogens with two attached hydrogens (primary N) is 1. The second-order valence-corrected chi connectivity index (χ2v) is 4.80. The minimum Gasteiger partial charge on any atom is -0.364 e. The predicted octanol–water partition coefficient (Wildman–Crippen LogP) is 1.59. The molecule has 4 heteroatoms. The summed E-state index contributed by atoms with van der Waals surface area (Å²) in [4.78, 5) is 13.0. The number of nitrogens with zero attached hydrogens (tertiary/aromatic N) is 1. The molecule has 1 aromatic carbocycles. The van der Waals surface area contributed by atoms with E-state index in [0.29, 0.717) is 13.2 Å². The number of hydrogen-bond donors (Lipinski definition) is 1. The summed E-state index contributed by atoms with van der Waals surface area (Å²) in [7, 11) is 0. The number of likely N-dealkylation sites (tertiary alicyclic amines) is 1. The first kappa shape index (κ1) is 10.6. The average molecular weight is 232 g/mol. The van der Waals surface area contributed by atoms with Gasteiger partial charge >= 0.3 is 6.03 Å². The van der Waals surface area contributed by atoms with Gasteiger partial charge in [-0.25, -0.2) is 4.79 Å². The van der Waals surface area contributed by atoms with E-state index in [0.717, 1.165) is 19.4 Å². The van der Waals surface area contributed by atoms with Crippen LogP contribution in [0.25, 0.3) is 0 Å². The minimum atomic E-state index is -0.350. The van der Waals surface area contributed by atoms with Crippen molar-refractivity contribution in [2.45, 2.75) is 25.0 Å². The molecule has 0 aliphatic carbocycles. The lowest BCUT2D eigenvalue weighted by Crippen LogP contribution is -2.50. The smallest absolute Gasteiger partial charge is 0.314 e. The van der Waals surface area contributed by atoms with Crippen LogP contribution in [0.1, 0.15) is 24.0 Å². The Morgan fingerprint density at radius 3 is 3.06 bits per heavy atom. The zero-order chi connectivity index (χ0) is 11.9. The van der Waals surface area contributed by atoms with Crippen LogP contribution < -0.4 is 5.73 Å². The fourth-order valence-electron chi connectivity index (χ4n) is 2.93. The number of hydrogen-bond acceptors (Lipinski definition) is 2. The number of urea groups is 1. The molecule has 1 spiro atoms. The van der Waals surface area contributed by atoms with Crippen LogP contribution in [0.3, 0.4) is 0 Å². The van der Waals surface area contributed by atoms with Crippen molar-refractivity contribution in [3.8, 4) is 0 Å². The SMILES string of the molecule is NC(=O)N1CCCC2(C1)OCc1ccccc12. The van der Waals surface area contributed by atoms with Crippen LogP contribution in [0.15, 0.2) is 24.3 Å². The fraction of sp³-hybridized carbons (Fsp3) is 0.462. The maximum absolute atomic E-state index is 11.3. The molecular formula is C13H16N2O2. The topological polar surface area (TPSA) is 55.6 Å². The molecule has 2 amide bonds. The third kappa shape index (κ3) is 1.60. The van der Waals surface area contributed by atoms with E-state index in [2.05, 4.69) is 12.1 Å². The summed E-state index contributed by atoms with van der Waals surface area (Å²) in [5, 5.41) is 0. The van der Waals surface area contributed by atoms with Gasteiger partial charge in [-0.15, -0.1) is 0 Å². The Balaban J connectivity index is 1.95. The van der Waals surface area contributed by atoms with Crippen molar-refractivity contribution in [2.24, 2.45) is 5.73 Å². The molecule has 0 bridgehead atoms. The Hall–Kier alpha value is -1.55. The fourth-order valence-corrected chi connectivity index (χ4v) is 2.93. The van der Waals surface area contributed by atoms with Crippen molar-refractivity contribution >= 4 is 6.03 Å². The Bertz CT molecular complexity index is 456. The number of benzene rings is 1. The van der Waals surface area contributed by atoms with Crippen molar-refractivity contribution in [1.82, 2.24) is 4.90 Å². The van der Waals surface area contributed by atoms with E-state index < -0.39 is 0 Å². The maximum atomic E-state index is 11.3. The van der Waals surface area contributed by atoms with Crippen molar-refractivity contribution in [3.63, 3.8) is 0 Å². The van der Waals surface area contributed by atoms with Gasteiger partial charge < -0.3 is 15.4 Å². The van der Waals surface area contributed by atoms with Crippen molar-refractivity contribution in [1.29, 1.82) is 0 Å². The summed E-state index contributed by atoms with van der Waals surface area (Å²) >= 11 is 0. The second kappa shape index (κ2) is 3.74. The second-order valence-electron chi connectivity index (χ2n) is 4.80. The van der Waals surface area contributed by atoms with E-state index in [1.54, 1.807) is 4.90 Å². The van der Waals surface area contributed by atoms with Crippen LogP contribution in [0.5, 0.6) is 0 Å². The van der Waals surface area contributed by atoms with E-state index in [9.17, 15) is 4.79 Å². The summed E-state index contributed by atoms with van der Waals surface area (Å²) in [6, 6.07) is 7.89. The Morgan fingerprint density at radius 2 is 2.24 bits per heavy atom. The summed E-state index contributed by atoms with van der Waals surface area (Å²) in [5.41, 5.74) is 7.52. The molecule has 1 fully saturated rings. The van der Waals surface area contributed by atoms with Gasteiger partial charge in [-0.05, 0) is 24.0 Å². The van der Waals surface area contributed by atoms with E-state index >= 15 is 0 Å². The van der Waals surface area contributed by atoms with Crippen LogP contribution in [0.4, 0.5) is 4.79 Å². The highest BCUT2D eigenvalue weighted by Crippen LogP contribution is 2.42. The lowest BCUT2D eigenvalue weighted by Gasteiger charge is -2.39. The summed E-state index contributed by atoms with van der Waals surface area (Å²) in [6.07, 6.45) is 1.91. The third-order valence-corrected chi connectivity index (χ3v) is 3.78. The van der Waals surface area contributed by atoms with Crippen molar-refractivity contribution in [3.05, 3.63) is 35.4 Å². The van der Waals surface area contributed by atoms with Gasteiger partial charge in [0.05, 0.1) is 13.2 Å². The lowest BCUT2D eigenvalue weighted by atomic mass is 9.85. The normalized spacial score (nSPS) is 27.2. The molecule has 4 nitrogen and oxygen atoms in total. The predicted molar refractivity (Wildman–Crippen MR) is 63.3 cm³/mol. The zero-order valence-corrected chi connectivity index (χ0v) is 9.69. The first-order valence-corrected chi connectivity index (χ1v) is 5.98. The van der Waals surface area contributed by atoms with E-state index in [1.165, 1.54) is 11.1 Å². The number of primary amides is 1. The lowest BCUT2D eigenvalue weighted by molar-refractivity contribution is -0.0758. The Morgan fingerprint density at radius 1 is 1.41 bits per heavy atom. The highest BCUT2D eigenvalue weighted by atomic mass is 16.5. The first-order chi connectivity index (χ1) is 8.21. The van der Waals surface area contributed by atoms with Crippen LogP contribution in [-0.2, 0) is 16.9 Å². The van der Waals surface area contributed by atoms with Crippen molar-refractivity contribution in [2.75, 3.05) is 13.1 Å². The summed E-state index contributed by atoms with van der Waals surface area (Å²) in [6.45, 7) is 1.96. The van der Waals surface area contributed by atoms with Gasteiger partial charge in [0.15, 0.2) is 0 Å². The highest BCUT2D eigenvalue weighted by molar-refractivity contribution is 5.72. The van der Waals surface area contributed by atoms with Crippen molar-refractivity contribution < 1.29 is 9.53 Å². The van der Waals surface area contributed by atoms with Gasteiger partial charge in [0, 0.05) is 6.54 Å². The number of fused-ring (bicyclic) bond motifs is 2. The largest absolute Gasteiger partial charge is 0.364 e. The van der Waals surface area contributed by atoms with Gasteiger partial charge in [-0.1, -0.05) is 24.3 Å². The molecule has 0 saturated carbocycles. The van der Waals surface area contributed by atoms with E-state index in [4.69, 9.17) is 10.5 Å². The van der Waals surface area contributed by atoms with Crippen LogP contribution in [0, 0.1) is 0 Å². The molecule has 2 heterocycles. The number of ether oxygens (including phenoxy) is 1. The molecule has 2 aliphatic rings. The van der Waals surface area contributed by atoms with Crippen LogP contribution in [0.2, 0.25) is 0 Å². The molecule has 17 heavy (non-hydrogen) atoms. The molecule has 1 unspecified atom stereocenters. The number of amides is 2. The minimum absolute atomic E-state index is 0.316. The molecule has 0 radical (unpaired) electrons. The van der Waals surface area contributed by atoms with E-state index in [-0.39, 0.29) is 11.6 Å². The molecule has 1 saturated heterocycles. The molecule has 1 aromatic rings. The van der Waals surface area contributed by atoms with Gasteiger partial charge in [-0.3, -0.25) is 0 Å². The number of rotatable bonds is 0. The molecule has 90 valence electrons. The third-order valence-electron chi connectivity index (χ3n) is 3.78. The monoisotopic (exact) mass is 232 g/mol. The standard InChI is InChI=1S/C13H16N2O2/c14-12(16)15-7-3-6-13(9-15)11-5-2-1-4-10(11)8-17-13/h1-2,4-5H,3,6-9H2,(H2,14,16). The number of piperidine rings is 1. The molecule has 2 N–H and O–H groups in total. The molecule has 0 aromatic heterocycles. The van der Waals surface area contributed by atoms with E-state index in [1.807, 2.05) is 12.1 Å². The van der Waals surface area contributed by atoms with Gasteiger partial charge in [0.1, 0.15) is 5.60 Å². The highest BCUT2D eigenvalue weighted by Gasteiger charge is 2.43. The quantitative estimate of drug-likeness (QED) is 0.738.